The molecule has 1 aliphatic heterocycles. The van der Waals surface area contributed by atoms with Crippen molar-refractivity contribution in [1.82, 2.24) is 9.88 Å². The van der Waals surface area contributed by atoms with Gasteiger partial charge in [-0.25, -0.2) is 13.8 Å². The summed E-state index contributed by atoms with van der Waals surface area (Å²) >= 11 is 0. The van der Waals surface area contributed by atoms with E-state index in [0.717, 1.165) is 12.5 Å². The lowest BCUT2D eigenvalue weighted by Gasteiger charge is -2.30. The first kappa shape index (κ1) is 20.9. The Morgan fingerprint density at radius 2 is 2.24 bits per heavy atom. The van der Waals surface area contributed by atoms with E-state index in [9.17, 15) is 18.4 Å². The molecule has 0 bridgehead atoms. The second kappa shape index (κ2) is 7.53. The van der Waals surface area contributed by atoms with Crippen LogP contribution < -0.4 is 5.32 Å². The van der Waals surface area contributed by atoms with Crippen LogP contribution in [0.5, 0.6) is 0 Å². The van der Waals surface area contributed by atoms with Crippen LogP contribution >= 0.6 is 0 Å². The third-order valence-corrected chi connectivity index (χ3v) is 5.33. The van der Waals surface area contributed by atoms with Crippen molar-refractivity contribution in [1.29, 1.82) is 5.41 Å². The number of halogens is 2. The summed E-state index contributed by atoms with van der Waals surface area (Å²) in [5.41, 5.74) is 1.91. The van der Waals surface area contributed by atoms with Crippen LogP contribution in [-0.2, 0) is 16.1 Å². The number of rotatable bonds is 8. The van der Waals surface area contributed by atoms with Gasteiger partial charge in [0.25, 0.3) is 11.8 Å². The van der Waals surface area contributed by atoms with Crippen molar-refractivity contribution in [3.05, 3.63) is 34.7 Å². The minimum Gasteiger partial charge on any atom is -0.491 e. The number of allylic oxidation sites excluding steroid dienone is 2. The molecule has 2 aliphatic rings. The molecule has 0 saturated carbocycles. The Kier molecular flexibility index (Phi) is 5.42. The molecule has 3 unspecified atom stereocenters. The van der Waals surface area contributed by atoms with Gasteiger partial charge in [-0.3, -0.25) is 9.59 Å². The van der Waals surface area contributed by atoms with E-state index in [4.69, 9.17) is 10.1 Å². The van der Waals surface area contributed by atoms with Crippen molar-refractivity contribution in [3.63, 3.8) is 0 Å². The highest BCUT2D eigenvalue weighted by Gasteiger charge is 2.47. The van der Waals surface area contributed by atoms with E-state index in [0.29, 0.717) is 22.7 Å². The molecule has 3 rings (SSSR count). The molecule has 1 aromatic heterocycles. The molecular formula is C20H24F2N4O3. The number of amides is 2. The Labute approximate surface area is 167 Å². The number of fused-ring (bicyclic) bond motifs is 1. The second-order valence-electron chi connectivity index (χ2n) is 7.67. The Bertz CT molecular complexity index is 894. The summed E-state index contributed by atoms with van der Waals surface area (Å²) in [6.07, 6.45) is 2.70. The number of carbonyl (C=O) groups is 2. The smallest absolute Gasteiger partial charge is 0.278 e. The molecule has 29 heavy (non-hydrogen) atoms. The minimum absolute atomic E-state index is 0.214. The van der Waals surface area contributed by atoms with Gasteiger partial charge in [0.05, 0.1) is 12.5 Å². The fourth-order valence-corrected chi connectivity index (χ4v) is 3.77. The Morgan fingerprint density at radius 3 is 2.83 bits per heavy atom. The number of ether oxygens (including phenoxy) is 1. The third kappa shape index (κ3) is 4.13. The average Bonchev–Trinajstić information content (AvgIpc) is 3.12. The second-order valence-corrected chi connectivity index (χ2v) is 7.67. The summed E-state index contributed by atoms with van der Waals surface area (Å²) in [4.78, 5) is 30.1. The van der Waals surface area contributed by atoms with E-state index in [1.165, 1.54) is 19.3 Å². The van der Waals surface area contributed by atoms with Gasteiger partial charge < -0.3 is 20.4 Å². The molecule has 1 aliphatic carbocycles. The van der Waals surface area contributed by atoms with Crippen LogP contribution in [0.4, 0.5) is 14.6 Å². The number of nitrogens with zero attached hydrogens (tertiary/aromatic N) is 2. The van der Waals surface area contributed by atoms with Gasteiger partial charge in [-0.15, -0.1) is 0 Å². The number of anilines is 1. The summed E-state index contributed by atoms with van der Waals surface area (Å²) in [7, 11) is 0. The van der Waals surface area contributed by atoms with Crippen LogP contribution in [0.25, 0.3) is 0 Å². The van der Waals surface area contributed by atoms with Gasteiger partial charge in [-0.1, -0.05) is 0 Å². The molecule has 1 aromatic rings. The molecule has 9 heteroatoms. The normalized spacial score (nSPS) is 20.3. The van der Waals surface area contributed by atoms with Crippen LogP contribution in [0.1, 0.15) is 43.6 Å². The molecule has 0 aromatic carbocycles. The molecule has 156 valence electrons. The molecule has 2 heterocycles. The SMILES string of the molecule is CC(=O)Nc1nccc2c1CN(C(C)C(C=N)C1C(C)=C1OCC(C)(F)F)C2=O. The maximum atomic E-state index is 13.1. The zero-order chi connectivity index (χ0) is 21.5. The molecule has 0 fully saturated rings. The van der Waals surface area contributed by atoms with E-state index in [-0.39, 0.29) is 30.3 Å². The van der Waals surface area contributed by atoms with Gasteiger partial charge >= 0.3 is 0 Å². The molecule has 7 nitrogen and oxygen atoms in total. The first-order valence-corrected chi connectivity index (χ1v) is 9.33. The summed E-state index contributed by atoms with van der Waals surface area (Å²) in [6.45, 7) is 5.30. The fourth-order valence-electron chi connectivity index (χ4n) is 3.77. The van der Waals surface area contributed by atoms with Crippen LogP contribution in [0, 0.1) is 17.2 Å². The number of nitrogens with one attached hydrogen (secondary N) is 2. The van der Waals surface area contributed by atoms with Gasteiger partial charge in [-0.2, -0.15) is 0 Å². The van der Waals surface area contributed by atoms with E-state index >= 15 is 0 Å². The Balaban J connectivity index is 1.74. The number of hydrogen-bond acceptors (Lipinski definition) is 5. The number of hydrogen-bond donors (Lipinski definition) is 2. The molecule has 0 saturated heterocycles. The van der Waals surface area contributed by atoms with Gasteiger partial charge in [0.15, 0.2) is 6.61 Å². The number of alkyl halides is 2. The Morgan fingerprint density at radius 1 is 1.55 bits per heavy atom. The lowest BCUT2D eigenvalue weighted by molar-refractivity contribution is -0.114. The van der Waals surface area contributed by atoms with Crippen molar-refractivity contribution in [2.24, 2.45) is 11.8 Å². The molecule has 0 spiro atoms. The zero-order valence-corrected chi connectivity index (χ0v) is 16.8. The number of pyridine rings is 1. The fraction of sp³-hybridized carbons (Fsp3) is 0.500. The third-order valence-electron chi connectivity index (χ3n) is 5.33. The highest BCUT2D eigenvalue weighted by Crippen LogP contribution is 2.47. The molecule has 0 radical (unpaired) electrons. The first-order valence-electron chi connectivity index (χ1n) is 9.33. The molecule has 2 amide bonds. The van der Waals surface area contributed by atoms with Crippen molar-refractivity contribution >= 4 is 23.8 Å². The summed E-state index contributed by atoms with van der Waals surface area (Å²) < 4.78 is 31.5. The van der Waals surface area contributed by atoms with Gasteiger partial charge in [-0.05, 0) is 25.5 Å². The quantitative estimate of drug-likeness (QED) is 0.648. The van der Waals surface area contributed by atoms with Gasteiger partial charge in [0.1, 0.15) is 11.6 Å². The lowest BCUT2D eigenvalue weighted by atomic mass is 9.92. The van der Waals surface area contributed by atoms with Gasteiger partial charge in [0, 0.05) is 49.3 Å². The number of carbonyl (C=O) groups excluding carboxylic acids is 2. The largest absolute Gasteiger partial charge is 0.491 e. The summed E-state index contributed by atoms with van der Waals surface area (Å²) in [6, 6.07) is 1.23. The lowest BCUT2D eigenvalue weighted by Crippen LogP contribution is -2.41. The Hall–Kier alpha value is -2.84. The van der Waals surface area contributed by atoms with E-state index < -0.39 is 18.4 Å². The highest BCUT2D eigenvalue weighted by molar-refractivity contribution is 6.01. The molecule has 2 N–H and O–H groups in total. The van der Waals surface area contributed by atoms with E-state index in [1.54, 1.807) is 17.9 Å². The standard InChI is InChI=1S/C20H24F2N4O3/c1-10-16(17(10)29-9-20(4,21)22)14(7-23)11(2)26-8-15-13(19(26)28)5-6-24-18(15)25-12(3)27/h5-7,11,14,16,23H,8-9H2,1-4H3,(H,24,25,27). The predicted octanol–water partition coefficient (Wildman–Crippen LogP) is 3.23. The maximum absolute atomic E-state index is 13.1. The van der Waals surface area contributed by atoms with Crippen LogP contribution in [0.3, 0.4) is 0 Å². The predicted molar refractivity (Wildman–Crippen MR) is 103 cm³/mol. The van der Waals surface area contributed by atoms with Crippen molar-refractivity contribution in [2.45, 2.75) is 46.2 Å². The zero-order valence-electron chi connectivity index (χ0n) is 16.8. The highest BCUT2D eigenvalue weighted by atomic mass is 19.3. The monoisotopic (exact) mass is 406 g/mol. The van der Waals surface area contributed by atoms with Crippen LogP contribution in [0.15, 0.2) is 23.6 Å². The van der Waals surface area contributed by atoms with E-state index in [1.807, 2.05) is 6.92 Å². The summed E-state index contributed by atoms with van der Waals surface area (Å²) in [5, 5.41) is 10.5. The topological polar surface area (TPSA) is 95.4 Å². The van der Waals surface area contributed by atoms with Crippen LogP contribution in [-0.4, -0.2) is 46.5 Å². The van der Waals surface area contributed by atoms with Crippen molar-refractivity contribution in [2.75, 3.05) is 11.9 Å². The molecule has 3 atom stereocenters. The van der Waals surface area contributed by atoms with Crippen molar-refractivity contribution in [3.8, 4) is 0 Å². The first-order chi connectivity index (χ1) is 13.5. The van der Waals surface area contributed by atoms with Crippen LogP contribution in [0.2, 0.25) is 0 Å². The average molecular weight is 406 g/mol. The maximum Gasteiger partial charge on any atom is 0.278 e. The minimum atomic E-state index is -2.94. The number of aromatic nitrogens is 1. The van der Waals surface area contributed by atoms with Gasteiger partial charge in [0.2, 0.25) is 5.91 Å². The summed E-state index contributed by atoms with van der Waals surface area (Å²) in [5.74, 6) is -3.29. The molecular weight excluding hydrogens is 382 g/mol. The van der Waals surface area contributed by atoms with Crippen molar-refractivity contribution < 1.29 is 23.1 Å². The van der Waals surface area contributed by atoms with E-state index in [2.05, 4.69) is 10.3 Å².